The molecule has 1 aliphatic heterocycles. The van der Waals surface area contributed by atoms with Crippen LogP contribution in [0.15, 0.2) is 24.3 Å². The van der Waals surface area contributed by atoms with Crippen LogP contribution in [0.5, 0.6) is 5.75 Å². The van der Waals surface area contributed by atoms with Crippen LogP contribution in [0.1, 0.15) is 16.1 Å². The number of fused-ring (bicyclic) bond motifs is 1. The Labute approximate surface area is 138 Å². The Kier molecular flexibility index (Phi) is 4.35. The molecule has 0 bridgehead atoms. The molecule has 24 heavy (non-hydrogen) atoms. The Balaban J connectivity index is 1.92. The van der Waals surface area contributed by atoms with Crippen molar-refractivity contribution in [3.63, 3.8) is 0 Å². The van der Waals surface area contributed by atoms with E-state index in [9.17, 15) is 9.59 Å². The first-order valence-electron chi connectivity index (χ1n) is 7.58. The number of amides is 1. The van der Waals surface area contributed by atoms with Gasteiger partial charge in [-0.05, 0) is 25.1 Å². The molecular formula is C17H18N2O5. The normalized spacial score (nSPS) is 17.8. The molecule has 1 fully saturated rings. The fourth-order valence-electron chi connectivity index (χ4n) is 2.74. The first-order valence-corrected chi connectivity index (χ1v) is 7.58. The van der Waals surface area contributed by atoms with E-state index in [-0.39, 0.29) is 19.1 Å². The Hall–Kier alpha value is -2.67. The highest BCUT2D eigenvalue weighted by Gasteiger charge is 2.30. The molecule has 7 nitrogen and oxygen atoms in total. The number of ether oxygens (including phenoxy) is 2. The van der Waals surface area contributed by atoms with Crippen LogP contribution in [0.3, 0.4) is 0 Å². The standard InChI is InChI=1S/C17H18N2O5/c1-10-13(7-11-3-4-12(23-2)8-14(11)18-10)16(20)19-5-6-24-15(9-19)17(21)22/h3-4,7-8,15H,5-6,9H2,1-2H3,(H,21,22). The number of aromatic nitrogens is 1. The summed E-state index contributed by atoms with van der Waals surface area (Å²) >= 11 is 0. The van der Waals surface area contributed by atoms with Crippen molar-refractivity contribution in [2.24, 2.45) is 0 Å². The summed E-state index contributed by atoms with van der Waals surface area (Å²) in [5.41, 5.74) is 1.81. The van der Waals surface area contributed by atoms with Crippen LogP contribution >= 0.6 is 0 Å². The lowest BCUT2D eigenvalue weighted by atomic mass is 10.1. The van der Waals surface area contributed by atoms with Gasteiger partial charge in [0.15, 0.2) is 6.10 Å². The number of carboxylic acid groups (broad SMARTS) is 1. The van der Waals surface area contributed by atoms with Gasteiger partial charge < -0.3 is 19.5 Å². The second kappa shape index (κ2) is 6.45. The fourth-order valence-corrected chi connectivity index (χ4v) is 2.74. The van der Waals surface area contributed by atoms with E-state index in [1.54, 1.807) is 20.1 Å². The van der Waals surface area contributed by atoms with Crippen LogP contribution in [-0.2, 0) is 9.53 Å². The number of carbonyl (C=O) groups is 2. The number of benzene rings is 1. The number of pyridine rings is 1. The number of morpholine rings is 1. The summed E-state index contributed by atoms with van der Waals surface area (Å²) in [4.78, 5) is 29.8. The molecule has 1 aliphatic rings. The van der Waals surface area contributed by atoms with Gasteiger partial charge >= 0.3 is 5.97 Å². The van der Waals surface area contributed by atoms with Crippen molar-refractivity contribution in [3.8, 4) is 5.75 Å². The minimum Gasteiger partial charge on any atom is -0.497 e. The Morgan fingerprint density at radius 3 is 2.88 bits per heavy atom. The molecule has 1 saturated heterocycles. The molecule has 126 valence electrons. The van der Waals surface area contributed by atoms with E-state index >= 15 is 0 Å². The van der Waals surface area contributed by atoms with Crippen molar-refractivity contribution in [2.45, 2.75) is 13.0 Å². The maximum atomic E-state index is 12.8. The molecule has 3 rings (SSSR count). The van der Waals surface area contributed by atoms with Crippen molar-refractivity contribution in [1.82, 2.24) is 9.88 Å². The van der Waals surface area contributed by atoms with E-state index in [4.69, 9.17) is 14.6 Å². The second-order valence-electron chi connectivity index (χ2n) is 5.63. The molecule has 0 aliphatic carbocycles. The highest BCUT2D eigenvalue weighted by atomic mass is 16.5. The molecule has 2 aromatic rings. The number of aliphatic carboxylic acids is 1. The third-order valence-corrected chi connectivity index (χ3v) is 4.07. The van der Waals surface area contributed by atoms with Crippen LogP contribution < -0.4 is 4.74 Å². The van der Waals surface area contributed by atoms with Gasteiger partial charge in [0.1, 0.15) is 5.75 Å². The first-order chi connectivity index (χ1) is 11.5. The van der Waals surface area contributed by atoms with Crippen LogP contribution in [0.25, 0.3) is 10.9 Å². The number of rotatable bonds is 3. The second-order valence-corrected chi connectivity index (χ2v) is 5.63. The van der Waals surface area contributed by atoms with Crippen LogP contribution in [0, 0.1) is 6.92 Å². The van der Waals surface area contributed by atoms with E-state index in [1.807, 2.05) is 18.2 Å². The average Bonchev–Trinajstić information content (AvgIpc) is 2.60. The molecule has 0 spiro atoms. The molecule has 1 aromatic carbocycles. The van der Waals surface area contributed by atoms with Crippen LogP contribution in [0.4, 0.5) is 0 Å². The summed E-state index contributed by atoms with van der Waals surface area (Å²) in [5.74, 6) is -0.592. The lowest BCUT2D eigenvalue weighted by Gasteiger charge is -2.31. The van der Waals surface area contributed by atoms with E-state index in [1.165, 1.54) is 4.90 Å². The highest BCUT2D eigenvalue weighted by Crippen LogP contribution is 2.23. The Bertz CT molecular complexity index is 805. The van der Waals surface area contributed by atoms with E-state index in [0.29, 0.717) is 23.6 Å². The van der Waals surface area contributed by atoms with Crippen LogP contribution in [-0.4, -0.2) is 59.8 Å². The van der Waals surface area contributed by atoms with Gasteiger partial charge in [0.05, 0.1) is 37.0 Å². The van der Waals surface area contributed by atoms with E-state index in [0.717, 1.165) is 10.9 Å². The Morgan fingerprint density at radius 1 is 1.38 bits per heavy atom. The van der Waals surface area contributed by atoms with Gasteiger partial charge in [-0.15, -0.1) is 0 Å². The van der Waals surface area contributed by atoms with Crippen molar-refractivity contribution < 1.29 is 24.2 Å². The number of nitrogens with zero attached hydrogens (tertiary/aromatic N) is 2. The SMILES string of the molecule is COc1ccc2cc(C(=O)N3CCOC(C(=O)O)C3)c(C)nc2c1. The lowest BCUT2D eigenvalue weighted by molar-refractivity contribution is -0.154. The van der Waals surface area contributed by atoms with Crippen molar-refractivity contribution >= 4 is 22.8 Å². The Morgan fingerprint density at radius 2 is 2.17 bits per heavy atom. The fraction of sp³-hybridized carbons (Fsp3) is 0.353. The minimum absolute atomic E-state index is 0.0360. The summed E-state index contributed by atoms with van der Waals surface area (Å²) in [6.45, 7) is 2.37. The summed E-state index contributed by atoms with van der Waals surface area (Å²) in [7, 11) is 1.59. The molecule has 1 N–H and O–H groups in total. The molecule has 0 saturated carbocycles. The zero-order chi connectivity index (χ0) is 17.3. The summed E-state index contributed by atoms with van der Waals surface area (Å²) in [6, 6.07) is 7.25. The third-order valence-electron chi connectivity index (χ3n) is 4.07. The molecule has 0 radical (unpaired) electrons. The lowest BCUT2D eigenvalue weighted by Crippen LogP contribution is -2.48. The van der Waals surface area contributed by atoms with Gasteiger partial charge in [0.2, 0.25) is 0 Å². The van der Waals surface area contributed by atoms with E-state index < -0.39 is 12.1 Å². The number of carbonyl (C=O) groups excluding carboxylic acids is 1. The maximum Gasteiger partial charge on any atom is 0.334 e. The minimum atomic E-state index is -1.06. The molecule has 7 heteroatoms. The number of carboxylic acids is 1. The average molecular weight is 330 g/mol. The van der Waals surface area contributed by atoms with E-state index in [2.05, 4.69) is 4.98 Å². The van der Waals surface area contributed by atoms with Gasteiger partial charge in [-0.2, -0.15) is 0 Å². The monoisotopic (exact) mass is 330 g/mol. The zero-order valence-corrected chi connectivity index (χ0v) is 13.5. The molecule has 2 heterocycles. The van der Waals surface area contributed by atoms with Crippen molar-refractivity contribution in [2.75, 3.05) is 26.8 Å². The summed E-state index contributed by atoms with van der Waals surface area (Å²) in [5, 5.41) is 9.89. The topological polar surface area (TPSA) is 89.0 Å². The molecule has 1 unspecified atom stereocenters. The molecule has 1 aromatic heterocycles. The zero-order valence-electron chi connectivity index (χ0n) is 13.5. The van der Waals surface area contributed by atoms with Gasteiger partial charge in [0, 0.05) is 18.0 Å². The van der Waals surface area contributed by atoms with Crippen molar-refractivity contribution in [1.29, 1.82) is 0 Å². The number of aryl methyl sites for hydroxylation is 1. The number of hydrogen-bond donors (Lipinski definition) is 1. The molecule has 1 amide bonds. The quantitative estimate of drug-likeness (QED) is 0.917. The third kappa shape index (κ3) is 3.03. The van der Waals surface area contributed by atoms with Gasteiger partial charge in [0.25, 0.3) is 5.91 Å². The maximum absolute atomic E-state index is 12.8. The summed E-state index contributed by atoms with van der Waals surface area (Å²) in [6.07, 6.45) is -0.985. The smallest absolute Gasteiger partial charge is 0.334 e. The number of hydrogen-bond acceptors (Lipinski definition) is 5. The first kappa shape index (κ1) is 16.2. The van der Waals surface area contributed by atoms with Crippen LogP contribution in [0.2, 0.25) is 0 Å². The molecule has 1 atom stereocenters. The number of methoxy groups -OCH3 is 1. The predicted octanol–water partition coefficient (Wildman–Crippen LogP) is 1.48. The van der Waals surface area contributed by atoms with Gasteiger partial charge in [-0.25, -0.2) is 4.79 Å². The summed E-state index contributed by atoms with van der Waals surface area (Å²) < 4.78 is 10.3. The van der Waals surface area contributed by atoms with Gasteiger partial charge in [-0.3, -0.25) is 9.78 Å². The van der Waals surface area contributed by atoms with Crippen molar-refractivity contribution in [3.05, 3.63) is 35.5 Å². The highest BCUT2D eigenvalue weighted by molar-refractivity contribution is 5.99. The largest absolute Gasteiger partial charge is 0.497 e. The van der Waals surface area contributed by atoms with Gasteiger partial charge in [-0.1, -0.05) is 0 Å². The predicted molar refractivity (Wildman–Crippen MR) is 86.3 cm³/mol. The molecular weight excluding hydrogens is 312 g/mol.